The third-order valence-corrected chi connectivity index (χ3v) is 1.05. The van der Waals surface area contributed by atoms with Crippen LogP contribution in [0, 0.1) is 0 Å². The van der Waals surface area contributed by atoms with Gasteiger partial charge < -0.3 is 9.53 Å². The molecular weight excluding hydrogens is 160 g/mol. The Kier molecular flexibility index (Phi) is 4.60. The number of carbonyl (C=O) groups is 3. The van der Waals surface area contributed by atoms with Crippen LogP contribution < -0.4 is 0 Å². The Labute approximate surface area is 70.2 Å². The third-order valence-electron chi connectivity index (χ3n) is 1.05. The molecule has 0 aliphatic carbocycles. The smallest absolute Gasteiger partial charge is 0.338 e. The largest absolute Gasteiger partial charge is 0.387 e. The fourth-order valence-corrected chi connectivity index (χ4v) is 0.303. The second-order valence-electron chi connectivity index (χ2n) is 2.13. The molecule has 1 aliphatic heterocycles. The van der Waals surface area contributed by atoms with Crippen LogP contribution in [0.4, 0.5) is 0 Å². The van der Waals surface area contributed by atoms with Gasteiger partial charge in [0.15, 0.2) is 0 Å². The Morgan fingerprint density at radius 3 is 1.75 bits per heavy atom. The number of hydrogen-bond donors (Lipinski definition) is 0. The molecule has 12 heavy (non-hydrogen) atoms. The van der Waals surface area contributed by atoms with E-state index < -0.39 is 11.9 Å². The molecule has 1 rings (SSSR count). The van der Waals surface area contributed by atoms with Gasteiger partial charge in [0.2, 0.25) is 0 Å². The SMILES string of the molecule is CCC(C)=O.O=C1C=CC(=O)O1. The van der Waals surface area contributed by atoms with Crippen molar-refractivity contribution in [3.8, 4) is 0 Å². The molecule has 0 aromatic heterocycles. The molecule has 0 radical (unpaired) electrons. The van der Waals surface area contributed by atoms with Crippen molar-refractivity contribution < 1.29 is 19.1 Å². The summed E-state index contributed by atoms with van der Waals surface area (Å²) in [7, 11) is 0. The van der Waals surface area contributed by atoms with Gasteiger partial charge in [-0.15, -0.1) is 0 Å². The molecule has 0 aromatic carbocycles. The number of ketones is 1. The Balaban J connectivity index is 0.000000217. The third kappa shape index (κ3) is 5.34. The van der Waals surface area contributed by atoms with E-state index in [9.17, 15) is 14.4 Å². The van der Waals surface area contributed by atoms with Gasteiger partial charge in [-0.05, 0) is 6.92 Å². The zero-order valence-electron chi connectivity index (χ0n) is 6.99. The highest BCUT2D eigenvalue weighted by molar-refractivity contribution is 6.04. The summed E-state index contributed by atoms with van der Waals surface area (Å²) in [6.45, 7) is 3.43. The summed E-state index contributed by atoms with van der Waals surface area (Å²) in [4.78, 5) is 29.7. The molecule has 1 aliphatic rings. The van der Waals surface area contributed by atoms with Crippen molar-refractivity contribution in [3.05, 3.63) is 12.2 Å². The molecule has 0 saturated carbocycles. The van der Waals surface area contributed by atoms with E-state index in [1.54, 1.807) is 6.92 Å². The van der Waals surface area contributed by atoms with Gasteiger partial charge in [0, 0.05) is 18.6 Å². The zero-order chi connectivity index (χ0) is 9.56. The first-order valence-electron chi connectivity index (χ1n) is 3.49. The molecule has 0 bridgehead atoms. The quantitative estimate of drug-likeness (QED) is 0.427. The lowest BCUT2D eigenvalue weighted by Gasteiger charge is -1.80. The van der Waals surface area contributed by atoms with Gasteiger partial charge in [0.25, 0.3) is 0 Å². The van der Waals surface area contributed by atoms with Crippen molar-refractivity contribution in [2.24, 2.45) is 0 Å². The van der Waals surface area contributed by atoms with Crippen molar-refractivity contribution in [3.63, 3.8) is 0 Å². The average molecular weight is 170 g/mol. The summed E-state index contributed by atoms with van der Waals surface area (Å²) in [5.74, 6) is -0.903. The lowest BCUT2D eigenvalue weighted by molar-refractivity contribution is -0.150. The van der Waals surface area contributed by atoms with Crippen LogP contribution >= 0.6 is 0 Å². The second kappa shape index (κ2) is 5.23. The van der Waals surface area contributed by atoms with Crippen LogP contribution in [-0.2, 0) is 19.1 Å². The van der Waals surface area contributed by atoms with Crippen molar-refractivity contribution in [2.75, 3.05) is 0 Å². The van der Waals surface area contributed by atoms with Gasteiger partial charge in [0.1, 0.15) is 5.78 Å². The standard InChI is InChI=1S/C4H2O3.C4H8O/c5-3-1-2-4(6)7-3;1-3-4(2)5/h1-2H;3H2,1-2H3. The molecule has 1 heterocycles. The maximum absolute atomic E-state index is 9.92. The minimum Gasteiger partial charge on any atom is -0.387 e. The molecule has 0 aromatic rings. The molecule has 0 atom stereocenters. The Hall–Kier alpha value is -1.45. The molecule has 4 heteroatoms. The maximum Gasteiger partial charge on any atom is 0.338 e. The monoisotopic (exact) mass is 170 g/mol. The van der Waals surface area contributed by atoms with Crippen LogP contribution in [0.15, 0.2) is 12.2 Å². The van der Waals surface area contributed by atoms with Crippen molar-refractivity contribution in [2.45, 2.75) is 20.3 Å². The van der Waals surface area contributed by atoms with Gasteiger partial charge >= 0.3 is 11.9 Å². The highest BCUT2D eigenvalue weighted by Gasteiger charge is 2.10. The lowest BCUT2D eigenvalue weighted by atomic mass is 10.4. The highest BCUT2D eigenvalue weighted by Crippen LogP contribution is 1.92. The van der Waals surface area contributed by atoms with E-state index in [2.05, 4.69) is 4.74 Å². The summed E-state index contributed by atoms with van der Waals surface area (Å²) in [6.07, 6.45) is 2.84. The molecule has 0 unspecified atom stereocenters. The first-order chi connectivity index (χ1) is 5.56. The second-order valence-corrected chi connectivity index (χ2v) is 2.13. The van der Waals surface area contributed by atoms with Crippen LogP contribution in [0.25, 0.3) is 0 Å². The Morgan fingerprint density at radius 1 is 1.33 bits per heavy atom. The molecule has 4 nitrogen and oxygen atoms in total. The van der Waals surface area contributed by atoms with E-state index in [0.29, 0.717) is 6.42 Å². The zero-order valence-corrected chi connectivity index (χ0v) is 6.99. The number of hydrogen-bond acceptors (Lipinski definition) is 4. The van der Waals surface area contributed by atoms with Crippen molar-refractivity contribution >= 4 is 17.7 Å². The predicted molar refractivity (Wildman–Crippen MR) is 41.2 cm³/mol. The van der Waals surface area contributed by atoms with E-state index in [1.165, 1.54) is 0 Å². The van der Waals surface area contributed by atoms with Gasteiger partial charge in [-0.25, -0.2) is 9.59 Å². The maximum atomic E-state index is 9.92. The summed E-state index contributed by atoms with van der Waals surface area (Å²) in [5.41, 5.74) is 0. The number of carbonyl (C=O) groups excluding carboxylic acids is 3. The molecule has 0 spiro atoms. The molecule has 66 valence electrons. The van der Waals surface area contributed by atoms with Crippen molar-refractivity contribution in [1.82, 2.24) is 0 Å². The topological polar surface area (TPSA) is 60.4 Å². The fourth-order valence-electron chi connectivity index (χ4n) is 0.303. The summed E-state index contributed by atoms with van der Waals surface area (Å²) in [5, 5.41) is 0. The Morgan fingerprint density at radius 2 is 1.67 bits per heavy atom. The van der Waals surface area contributed by atoms with Gasteiger partial charge in [-0.2, -0.15) is 0 Å². The number of ether oxygens (including phenoxy) is 1. The highest BCUT2D eigenvalue weighted by atomic mass is 16.6. The molecule has 0 amide bonds. The average Bonchev–Trinajstić information content (AvgIpc) is 2.36. The minimum absolute atomic E-state index is 0.255. The summed E-state index contributed by atoms with van der Waals surface area (Å²) in [6, 6.07) is 0. The van der Waals surface area contributed by atoms with E-state index in [0.717, 1.165) is 12.2 Å². The molecule has 0 fully saturated rings. The first kappa shape index (κ1) is 10.6. The number of Topliss-reactive ketones (excluding diaryl/α,β-unsaturated/α-hetero) is 1. The summed E-state index contributed by atoms with van der Waals surface area (Å²) >= 11 is 0. The van der Waals surface area contributed by atoms with E-state index in [4.69, 9.17) is 0 Å². The number of esters is 2. The van der Waals surface area contributed by atoms with Gasteiger partial charge in [0.05, 0.1) is 0 Å². The minimum atomic E-state index is -0.579. The van der Waals surface area contributed by atoms with Crippen LogP contribution in [-0.4, -0.2) is 17.7 Å². The predicted octanol–water partition coefficient (Wildman–Crippen LogP) is 0.611. The number of cyclic esters (lactones) is 2. The fraction of sp³-hybridized carbons (Fsp3) is 0.375. The van der Waals surface area contributed by atoms with Gasteiger partial charge in [-0.1, -0.05) is 6.92 Å². The van der Waals surface area contributed by atoms with Crippen molar-refractivity contribution in [1.29, 1.82) is 0 Å². The van der Waals surface area contributed by atoms with Crippen LogP contribution in [0.1, 0.15) is 20.3 Å². The van der Waals surface area contributed by atoms with Gasteiger partial charge in [-0.3, -0.25) is 0 Å². The van der Waals surface area contributed by atoms with E-state index in [-0.39, 0.29) is 5.78 Å². The van der Waals surface area contributed by atoms with E-state index >= 15 is 0 Å². The normalized spacial score (nSPS) is 13.5. The number of rotatable bonds is 1. The molecule has 0 saturated heterocycles. The molecular formula is C8H10O4. The Bertz CT molecular complexity index is 211. The summed E-state index contributed by atoms with van der Waals surface area (Å²) < 4.78 is 3.97. The lowest BCUT2D eigenvalue weighted by Crippen LogP contribution is -1.96. The van der Waals surface area contributed by atoms with E-state index in [1.807, 2.05) is 6.92 Å². The van der Waals surface area contributed by atoms with Crippen LogP contribution in [0.5, 0.6) is 0 Å². The van der Waals surface area contributed by atoms with Crippen LogP contribution in [0.2, 0.25) is 0 Å². The first-order valence-corrected chi connectivity index (χ1v) is 3.49. The van der Waals surface area contributed by atoms with Crippen LogP contribution in [0.3, 0.4) is 0 Å². The molecule has 0 N–H and O–H groups in total.